The molecule has 0 aliphatic heterocycles. The molecule has 108 valence electrons. The number of benzene rings is 2. The van der Waals surface area contributed by atoms with E-state index < -0.39 is 0 Å². The van der Waals surface area contributed by atoms with E-state index in [-0.39, 0.29) is 0 Å². The van der Waals surface area contributed by atoms with Gasteiger partial charge in [0.05, 0.1) is 31.0 Å². The first kappa shape index (κ1) is 14.7. The first-order valence-corrected chi connectivity index (χ1v) is 6.71. The van der Waals surface area contributed by atoms with E-state index in [1.54, 1.807) is 19.2 Å². The van der Waals surface area contributed by atoms with Crippen LogP contribution in [0.2, 0.25) is 0 Å². The number of rotatable bonds is 6. The van der Waals surface area contributed by atoms with E-state index in [1.165, 1.54) is 0 Å². The summed E-state index contributed by atoms with van der Waals surface area (Å²) in [6.45, 7) is 1.29. The minimum Gasteiger partial charge on any atom is -0.495 e. The Labute approximate surface area is 125 Å². The Morgan fingerprint density at radius 3 is 2.48 bits per heavy atom. The molecule has 0 saturated carbocycles. The van der Waals surface area contributed by atoms with Gasteiger partial charge >= 0.3 is 0 Å². The molecule has 0 radical (unpaired) electrons. The maximum Gasteiger partial charge on any atom is 0.142 e. The number of ether oxygens (including phenoxy) is 2. The third-order valence-corrected chi connectivity index (χ3v) is 3.18. The van der Waals surface area contributed by atoms with Crippen LogP contribution in [0.4, 0.5) is 5.69 Å². The fourth-order valence-corrected chi connectivity index (χ4v) is 1.99. The second kappa shape index (κ2) is 7.20. The van der Waals surface area contributed by atoms with E-state index >= 15 is 0 Å². The summed E-state index contributed by atoms with van der Waals surface area (Å²) in [4.78, 5) is 2.09. The van der Waals surface area contributed by atoms with Crippen molar-refractivity contribution in [2.24, 2.45) is 0 Å². The molecule has 0 spiro atoms. The zero-order valence-corrected chi connectivity index (χ0v) is 12.2. The highest BCUT2D eigenvalue weighted by Crippen LogP contribution is 2.26. The standard InChI is InChI=1S/C17H18N2O2/c1-19(16-5-3-4-6-17(16)20-2)11-12-21-15-9-7-14(13-18)8-10-15/h3-10H,11-12H2,1-2H3. The molecule has 0 bridgehead atoms. The second-order valence-corrected chi connectivity index (χ2v) is 4.58. The van der Waals surface area contributed by atoms with Crippen molar-refractivity contribution in [1.82, 2.24) is 0 Å². The lowest BCUT2D eigenvalue weighted by Crippen LogP contribution is -2.24. The summed E-state index contributed by atoms with van der Waals surface area (Å²) in [5.74, 6) is 1.61. The normalized spacial score (nSPS) is 9.76. The third kappa shape index (κ3) is 3.90. The van der Waals surface area contributed by atoms with Gasteiger partial charge < -0.3 is 14.4 Å². The number of methoxy groups -OCH3 is 1. The van der Waals surface area contributed by atoms with Crippen LogP contribution in [-0.2, 0) is 0 Å². The van der Waals surface area contributed by atoms with Crippen LogP contribution in [-0.4, -0.2) is 27.3 Å². The van der Waals surface area contributed by atoms with E-state index in [2.05, 4.69) is 11.0 Å². The highest BCUT2D eigenvalue weighted by Gasteiger charge is 2.07. The maximum atomic E-state index is 8.74. The number of hydrogen-bond acceptors (Lipinski definition) is 4. The smallest absolute Gasteiger partial charge is 0.142 e. The number of nitrogens with zero attached hydrogens (tertiary/aromatic N) is 2. The minimum atomic E-state index is 0.556. The molecule has 21 heavy (non-hydrogen) atoms. The Bertz CT molecular complexity index is 617. The van der Waals surface area contributed by atoms with Gasteiger partial charge in [-0.25, -0.2) is 0 Å². The zero-order chi connectivity index (χ0) is 15.1. The van der Waals surface area contributed by atoms with Crippen molar-refractivity contribution < 1.29 is 9.47 Å². The summed E-state index contributed by atoms with van der Waals surface area (Å²) in [5.41, 5.74) is 1.66. The van der Waals surface area contributed by atoms with Crippen molar-refractivity contribution in [2.45, 2.75) is 0 Å². The van der Waals surface area contributed by atoms with Gasteiger partial charge in [0.1, 0.15) is 18.1 Å². The fourth-order valence-electron chi connectivity index (χ4n) is 1.99. The van der Waals surface area contributed by atoms with E-state index in [0.717, 1.165) is 23.7 Å². The molecular formula is C17H18N2O2. The molecule has 0 aliphatic rings. The number of anilines is 1. The average Bonchev–Trinajstić information content (AvgIpc) is 2.55. The van der Waals surface area contributed by atoms with E-state index in [4.69, 9.17) is 14.7 Å². The van der Waals surface area contributed by atoms with Gasteiger partial charge in [0.25, 0.3) is 0 Å². The van der Waals surface area contributed by atoms with Gasteiger partial charge in [-0.2, -0.15) is 5.26 Å². The van der Waals surface area contributed by atoms with Crippen molar-refractivity contribution in [3.05, 3.63) is 54.1 Å². The quantitative estimate of drug-likeness (QED) is 0.816. The van der Waals surface area contributed by atoms with Crippen molar-refractivity contribution in [2.75, 3.05) is 32.2 Å². The van der Waals surface area contributed by atoms with Crippen LogP contribution in [0, 0.1) is 11.3 Å². The SMILES string of the molecule is COc1ccccc1N(C)CCOc1ccc(C#N)cc1. The number of nitriles is 1. The highest BCUT2D eigenvalue weighted by molar-refractivity contribution is 5.57. The molecular weight excluding hydrogens is 264 g/mol. The fraction of sp³-hybridized carbons (Fsp3) is 0.235. The topological polar surface area (TPSA) is 45.5 Å². The summed E-state index contributed by atoms with van der Waals surface area (Å²) in [5, 5.41) is 8.74. The van der Waals surface area contributed by atoms with Crippen LogP contribution in [0.1, 0.15) is 5.56 Å². The lowest BCUT2D eigenvalue weighted by molar-refractivity contribution is 0.325. The molecule has 0 atom stereocenters. The van der Waals surface area contributed by atoms with Gasteiger partial charge in [-0.05, 0) is 36.4 Å². The van der Waals surface area contributed by atoms with Gasteiger partial charge in [-0.3, -0.25) is 0 Å². The summed E-state index contributed by atoms with van der Waals surface area (Å²) in [6.07, 6.45) is 0. The summed E-state index contributed by atoms with van der Waals surface area (Å²) >= 11 is 0. The van der Waals surface area contributed by atoms with Crippen LogP contribution >= 0.6 is 0 Å². The van der Waals surface area contributed by atoms with Gasteiger partial charge in [0, 0.05) is 7.05 Å². The first-order chi connectivity index (χ1) is 10.2. The van der Waals surface area contributed by atoms with E-state index in [1.807, 2.05) is 43.4 Å². The lowest BCUT2D eigenvalue weighted by atomic mass is 10.2. The number of likely N-dealkylation sites (N-methyl/N-ethyl adjacent to an activating group) is 1. The molecule has 0 unspecified atom stereocenters. The van der Waals surface area contributed by atoms with Crippen LogP contribution in [0.15, 0.2) is 48.5 Å². The van der Waals surface area contributed by atoms with Gasteiger partial charge in [-0.15, -0.1) is 0 Å². The summed E-state index contributed by atoms with van der Waals surface area (Å²) in [6, 6.07) is 17.1. The summed E-state index contributed by atoms with van der Waals surface area (Å²) < 4.78 is 11.0. The molecule has 2 aromatic rings. The molecule has 0 heterocycles. The molecule has 0 aromatic heterocycles. The van der Waals surface area contributed by atoms with Crippen molar-refractivity contribution in [3.63, 3.8) is 0 Å². The second-order valence-electron chi connectivity index (χ2n) is 4.58. The average molecular weight is 282 g/mol. The Morgan fingerprint density at radius 1 is 1.10 bits per heavy atom. The molecule has 4 heteroatoms. The van der Waals surface area contributed by atoms with Crippen LogP contribution < -0.4 is 14.4 Å². The zero-order valence-electron chi connectivity index (χ0n) is 12.2. The number of para-hydroxylation sites is 2. The first-order valence-electron chi connectivity index (χ1n) is 6.71. The van der Waals surface area contributed by atoms with Crippen molar-refractivity contribution >= 4 is 5.69 Å². The largest absolute Gasteiger partial charge is 0.495 e. The molecule has 2 aromatic carbocycles. The van der Waals surface area contributed by atoms with Gasteiger partial charge in [0.15, 0.2) is 0 Å². The predicted molar refractivity (Wildman–Crippen MR) is 82.9 cm³/mol. The Morgan fingerprint density at radius 2 is 1.81 bits per heavy atom. The van der Waals surface area contributed by atoms with Gasteiger partial charge in [0.2, 0.25) is 0 Å². The van der Waals surface area contributed by atoms with E-state index in [0.29, 0.717) is 12.2 Å². The van der Waals surface area contributed by atoms with Gasteiger partial charge in [-0.1, -0.05) is 12.1 Å². The van der Waals surface area contributed by atoms with Crippen LogP contribution in [0.5, 0.6) is 11.5 Å². The molecule has 0 amide bonds. The molecule has 0 saturated heterocycles. The summed E-state index contributed by atoms with van der Waals surface area (Å²) in [7, 11) is 3.67. The Hall–Kier alpha value is -2.67. The maximum absolute atomic E-state index is 8.74. The van der Waals surface area contributed by atoms with Crippen LogP contribution in [0.25, 0.3) is 0 Å². The molecule has 0 aliphatic carbocycles. The number of hydrogen-bond donors (Lipinski definition) is 0. The molecule has 0 fully saturated rings. The monoisotopic (exact) mass is 282 g/mol. The Kier molecular flexibility index (Phi) is 5.05. The lowest BCUT2D eigenvalue weighted by Gasteiger charge is -2.21. The van der Waals surface area contributed by atoms with E-state index in [9.17, 15) is 0 Å². The molecule has 2 rings (SSSR count). The minimum absolute atomic E-state index is 0.556. The van der Waals surface area contributed by atoms with Crippen molar-refractivity contribution in [1.29, 1.82) is 5.26 Å². The molecule has 0 N–H and O–H groups in total. The predicted octanol–water partition coefficient (Wildman–Crippen LogP) is 3.08. The third-order valence-electron chi connectivity index (χ3n) is 3.18. The van der Waals surface area contributed by atoms with Crippen molar-refractivity contribution in [3.8, 4) is 17.6 Å². The Balaban J connectivity index is 1.89. The molecule has 4 nitrogen and oxygen atoms in total. The highest BCUT2D eigenvalue weighted by atomic mass is 16.5. The van der Waals surface area contributed by atoms with Crippen LogP contribution in [0.3, 0.4) is 0 Å².